The summed E-state index contributed by atoms with van der Waals surface area (Å²) in [6, 6.07) is 0. The maximum absolute atomic E-state index is 14.0. The number of benzene rings is 1. The van der Waals surface area contributed by atoms with Crippen LogP contribution in [0.1, 0.15) is 77.7 Å². The van der Waals surface area contributed by atoms with Crippen molar-refractivity contribution < 1.29 is 31.4 Å². The molecular weight excluding hydrogens is 403 g/mol. The second-order valence-corrected chi connectivity index (χ2v) is 8.27. The van der Waals surface area contributed by atoms with E-state index >= 15 is 0 Å². The number of hydrogen-bond donors (Lipinski definition) is 0. The molecule has 0 saturated heterocycles. The summed E-state index contributed by atoms with van der Waals surface area (Å²) in [5.41, 5.74) is -0.770. The summed E-state index contributed by atoms with van der Waals surface area (Å²) in [6.07, 6.45) is 7.69. The molecule has 0 heterocycles. The molecule has 30 heavy (non-hydrogen) atoms. The maximum atomic E-state index is 14.0. The summed E-state index contributed by atoms with van der Waals surface area (Å²) in [7, 11) is 3.07. The molecule has 1 aromatic carbocycles. The topological polar surface area (TPSA) is 18.5 Å². The van der Waals surface area contributed by atoms with Crippen molar-refractivity contribution in [1.82, 2.24) is 0 Å². The van der Waals surface area contributed by atoms with Crippen molar-refractivity contribution in [2.75, 3.05) is 14.2 Å². The highest BCUT2D eigenvalue weighted by Gasteiger charge is 2.35. The van der Waals surface area contributed by atoms with Crippen molar-refractivity contribution in [2.24, 2.45) is 11.8 Å². The van der Waals surface area contributed by atoms with E-state index in [2.05, 4.69) is 6.92 Å². The minimum Gasteiger partial charge on any atom is -0.353 e. The van der Waals surface area contributed by atoms with E-state index in [1.165, 1.54) is 33.5 Å². The van der Waals surface area contributed by atoms with Crippen LogP contribution in [0.25, 0.3) is 0 Å². The van der Waals surface area contributed by atoms with Gasteiger partial charge < -0.3 is 9.47 Å². The fourth-order valence-corrected chi connectivity index (χ4v) is 3.93. The maximum Gasteiger partial charge on any atom is 0.200 e. The zero-order valence-electron chi connectivity index (χ0n) is 18.7. The highest BCUT2D eigenvalue weighted by atomic mass is 19.2. The Bertz CT molecular complexity index is 632. The van der Waals surface area contributed by atoms with Gasteiger partial charge in [-0.15, -0.1) is 0 Å². The first-order valence-electron chi connectivity index (χ1n) is 10.7. The quantitative estimate of drug-likeness (QED) is 0.0995. The molecule has 0 radical (unpaired) electrons. The number of rotatable bonds is 14. The third kappa shape index (κ3) is 6.91. The van der Waals surface area contributed by atoms with Gasteiger partial charge in [-0.05, 0) is 32.1 Å². The van der Waals surface area contributed by atoms with Crippen molar-refractivity contribution >= 4 is 0 Å². The van der Waals surface area contributed by atoms with Gasteiger partial charge in [0.15, 0.2) is 29.1 Å². The van der Waals surface area contributed by atoms with Gasteiger partial charge in [0, 0.05) is 25.7 Å². The molecule has 0 aliphatic carbocycles. The van der Waals surface area contributed by atoms with E-state index in [0.717, 1.165) is 25.7 Å². The Balaban J connectivity index is 2.89. The Morgan fingerprint density at radius 2 is 1.23 bits per heavy atom. The average Bonchev–Trinajstić information content (AvgIpc) is 2.74. The summed E-state index contributed by atoms with van der Waals surface area (Å²) >= 11 is 0. The lowest BCUT2D eigenvalue weighted by Crippen LogP contribution is -2.40. The van der Waals surface area contributed by atoms with Crippen LogP contribution in [0.4, 0.5) is 22.0 Å². The molecule has 0 aliphatic rings. The molecule has 2 nitrogen and oxygen atoms in total. The number of ether oxygens (including phenoxy) is 2. The normalized spacial score (nSPS) is 14.2. The Morgan fingerprint density at radius 1 is 0.767 bits per heavy atom. The van der Waals surface area contributed by atoms with Crippen LogP contribution in [0, 0.1) is 40.9 Å². The summed E-state index contributed by atoms with van der Waals surface area (Å²) in [5, 5.41) is 0. The Kier molecular flexibility index (Phi) is 11.3. The second kappa shape index (κ2) is 12.6. The van der Waals surface area contributed by atoms with Crippen LogP contribution in [0.15, 0.2) is 0 Å². The van der Waals surface area contributed by atoms with Gasteiger partial charge in [0.2, 0.25) is 5.82 Å². The first kappa shape index (κ1) is 26.8. The molecular formula is C23H35F5O2. The largest absolute Gasteiger partial charge is 0.353 e. The highest BCUT2D eigenvalue weighted by molar-refractivity contribution is 5.24. The van der Waals surface area contributed by atoms with Crippen LogP contribution < -0.4 is 0 Å². The van der Waals surface area contributed by atoms with E-state index in [1.807, 2.05) is 0 Å². The Labute approximate surface area is 177 Å². The van der Waals surface area contributed by atoms with Crippen molar-refractivity contribution in [3.8, 4) is 0 Å². The molecule has 174 valence electrons. The summed E-state index contributed by atoms with van der Waals surface area (Å²) < 4.78 is 79.5. The molecule has 0 amide bonds. The van der Waals surface area contributed by atoms with E-state index < -0.39 is 40.4 Å². The minimum atomic E-state index is -2.13. The first-order chi connectivity index (χ1) is 14.1. The summed E-state index contributed by atoms with van der Waals surface area (Å²) in [5.74, 6) is -10.8. The number of unbranched alkanes of at least 4 members (excludes halogenated alkanes) is 5. The molecule has 1 aromatic rings. The van der Waals surface area contributed by atoms with E-state index in [4.69, 9.17) is 9.47 Å². The van der Waals surface area contributed by atoms with Crippen molar-refractivity contribution in [2.45, 2.75) is 84.3 Å². The van der Waals surface area contributed by atoms with Crippen LogP contribution in [0.3, 0.4) is 0 Å². The lowest BCUT2D eigenvalue weighted by Gasteiger charge is -2.37. The van der Waals surface area contributed by atoms with Gasteiger partial charge in [-0.1, -0.05) is 52.4 Å². The van der Waals surface area contributed by atoms with Crippen LogP contribution >= 0.6 is 0 Å². The fourth-order valence-electron chi connectivity index (χ4n) is 3.93. The van der Waals surface area contributed by atoms with Crippen LogP contribution in [0.5, 0.6) is 0 Å². The van der Waals surface area contributed by atoms with Crippen LogP contribution in [-0.2, 0) is 15.9 Å². The summed E-state index contributed by atoms with van der Waals surface area (Å²) in [4.78, 5) is 0. The third-order valence-electron chi connectivity index (χ3n) is 6.00. The van der Waals surface area contributed by atoms with Gasteiger partial charge in [-0.3, -0.25) is 0 Å². The lowest BCUT2D eigenvalue weighted by molar-refractivity contribution is -0.231. The molecule has 7 heteroatoms. The molecule has 0 fully saturated rings. The molecule has 0 aliphatic heterocycles. The highest BCUT2D eigenvalue weighted by Crippen LogP contribution is 2.35. The van der Waals surface area contributed by atoms with Crippen LogP contribution in [-0.4, -0.2) is 20.0 Å². The Hall–Kier alpha value is -1.21. The molecule has 2 atom stereocenters. The molecule has 0 aromatic heterocycles. The monoisotopic (exact) mass is 438 g/mol. The van der Waals surface area contributed by atoms with Gasteiger partial charge in [0.1, 0.15) is 0 Å². The molecule has 0 saturated carbocycles. The number of halogens is 5. The van der Waals surface area contributed by atoms with Crippen molar-refractivity contribution in [1.29, 1.82) is 0 Å². The van der Waals surface area contributed by atoms with Crippen molar-refractivity contribution in [3.05, 3.63) is 34.6 Å². The summed E-state index contributed by atoms with van der Waals surface area (Å²) in [6.45, 7) is 5.70. The molecule has 0 spiro atoms. The fraction of sp³-hybridized carbons (Fsp3) is 0.739. The zero-order chi connectivity index (χ0) is 22.9. The minimum absolute atomic E-state index is 0.0880. The lowest BCUT2D eigenvalue weighted by atomic mass is 9.82. The van der Waals surface area contributed by atoms with Gasteiger partial charge in [-0.25, -0.2) is 22.0 Å². The van der Waals surface area contributed by atoms with E-state index in [9.17, 15) is 22.0 Å². The van der Waals surface area contributed by atoms with Gasteiger partial charge in [-0.2, -0.15) is 0 Å². The Morgan fingerprint density at radius 3 is 1.73 bits per heavy atom. The average molecular weight is 439 g/mol. The molecule has 0 N–H and O–H groups in total. The third-order valence-corrected chi connectivity index (χ3v) is 6.00. The standard InChI is InChI=1S/C23H35F5O2/c1-6-7-8-9-10-11-12-16(23(3,29-4)30-5)13-15(2)14-17-18(24)20(26)22(28)21(27)19(17)25/h15-16H,6-14H2,1-5H3. The number of methoxy groups -OCH3 is 2. The first-order valence-corrected chi connectivity index (χ1v) is 10.7. The van der Waals surface area contributed by atoms with Gasteiger partial charge in [0.25, 0.3) is 0 Å². The van der Waals surface area contributed by atoms with E-state index in [1.54, 1.807) is 13.8 Å². The van der Waals surface area contributed by atoms with E-state index in [0.29, 0.717) is 6.42 Å². The smallest absolute Gasteiger partial charge is 0.200 e. The van der Waals surface area contributed by atoms with Crippen LogP contribution in [0.2, 0.25) is 0 Å². The molecule has 0 bridgehead atoms. The SMILES string of the molecule is CCCCCCCCC(CC(C)Cc1c(F)c(F)c(F)c(F)c1F)C(C)(OC)OC. The second-order valence-electron chi connectivity index (χ2n) is 8.27. The predicted molar refractivity (Wildman–Crippen MR) is 108 cm³/mol. The van der Waals surface area contributed by atoms with Crippen molar-refractivity contribution in [3.63, 3.8) is 0 Å². The molecule has 1 rings (SSSR count). The number of hydrogen-bond acceptors (Lipinski definition) is 2. The van der Waals surface area contributed by atoms with E-state index in [-0.39, 0.29) is 18.3 Å². The molecule has 2 unspecified atom stereocenters. The zero-order valence-corrected chi connectivity index (χ0v) is 18.7. The van der Waals surface area contributed by atoms with Gasteiger partial charge >= 0.3 is 0 Å². The predicted octanol–water partition coefficient (Wildman–Crippen LogP) is 7.33. The van der Waals surface area contributed by atoms with Gasteiger partial charge in [0.05, 0.1) is 0 Å².